The highest BCUT2D eigenvalue weighted by Crippen LogP contribution is 2.37. The molecule has 4 heteroatoms. The Kier molecular flexibility index (Phi) is 4.44. The Balaban J connectivity index is 2.06. The highest BCUT2D eigenvalue weighted by molar-refractivity contribution is 5.44. The number of benzene rings is 1. The molecule has 1 aliphatic rings. The van der Waals surface area contributed by atoms with E-state index < -0.39 is 0 Å². The second-order valence-corrected chi connectivity index (χ2v) is 4.37. The Labute approximate surface area is 108 Å². The molecule has 18 heavy (non-hydrogen) atoms. The van der Waals surface area contributed by atoms with Crippen LogP contribution in [-0.2, 0) is 4.74 Å². The fourth-order valence-corrected chi connectivity index (χ4v) is 2.34. The van der Waals surface area contributed by atoms with Gasteiger partial charge in [-0.3, -0.25) is 4.90 Å². The molecule has 1 aromatic carbocycles. The SMILES string of the molecule is CCOCCN(CC)C1COc2cc(O)ccc21. The predicted octanol–water partition coefficient (Wildman–Crippen LogP) is 2.18. The first-order valence-electron chi connectivity index (χ1n) is 6.53. The summed E-state index contributed by atoms with van der Waals surface area (Å²) in [5, 5.41) is 9.44. The summed E-state index contributed by atoms with van der Waals surface area (Å²) in [5.74, 6) is 1.06. The van der Waals surface area contributed by atoms with Crippen molar-refractivity contribution in [2.24, 2.45) is 0 Å². The topological polar surface area (TPSA) is 41.9 Å². The van der Waals surface area contributed by atoms with E-state index in [2.05, 4.69) is 11.8 Å². The van der Waals surface area contributed by atoms with Crippen LogP contribution in [0, 0.1) is 0 Å². The van der Waals surface area contributed by atoms with Gasteiger partial charge in [-0.1, -0.05) is 6.92 Å². The van der Waals surface area contributed by atoms with Gasteiger partial charge in [-0.15, -0.1) is 0 Å². The van der Waals surface area contributed by atoms with Crippen molar-refractivity contribution in [2.75, 3.05) is 32.9 Å². The number of phenols is 1. The van der Waals surface area contributed by atoms with Crippen LogP contribution in [0.5, 0.6) is 11.5 Å². The number of ether oxygens (including phenoxy) is 2. The van der Waals surface area contributed by atoms with E-state index in [-0.39, 0.29) is 11.8 Å². The Morgan fingerprint density at radius 1 is 1.44 bits per heavy atom. The van der Waals surface area contributed by atoms with Gasteiger partial charge in [0.05, 0.1) is 12.6 Å². The van der Waals surface area contributed by atoms with Crippen molar-refractivity contribution in [1.82, 2.24) is 4.90 Å². The number of hydrogen-bond acceptors (Lipinski definition) is 4. The minimum atomic E-state index is 0.256. The summed E-state index contributed by atoms with van der Waals surface area (Å²) in [6.45, 7) is 8.16. The van der Waals surface area contributed by atoms with E-state index in [1.54, 1.807) is 12.1 Å². The predicted molar refractivity (Wildman–Crippen MR) is 70.1 cm³/mol. The number of rotatable bonds is 6. The molecule has 100 valence electrons. The summed E-state index contributed by atoms with van der Waals surface area (Å²) in [6, 6.07) is 5.62. The molecule has 0 radical (unpaired) electrons. The van der Waals surface area contributed by atoms with Crippen molar-refractivity contribution >= 4 is 0 Å². The van der Waals surface area contributed by atoms with Crippen LogP contribution in [0.15, 0.2) is 18.2 Å². The van der Waals surface area contributed by atoms with Crippen LogP contribution in [0.2, 0.25) is 0 Å². The Morgan fingerprint density at radius 2 is 2.28 bits per heavy atom. The van der Waals surface area contributed by atoms with E-state index in [0.29, 0.717) is 6.61 Å². The third kappa shape index (κ3) is 2.76. The fourth-order valence-electron chi connectivity index (χ4n) is 2.34. The summed E-state index contributed by atoms with van der Waals surface area (Å²) >= 11 is 0. The Bertz CT molecular complexity index is 395. The van der Waals surface area contributed by atoms with Gasteiger partial charge in [0.2, 0.25) is 0 Å². The van der Waals surface area contributed by atoms with Crippen LogP contribution in [0.4, 0.5) is 0 Å². The molecule has 2 rings (SSSR count). The van der Waals surface area contributed by atoms with Crippen LogP contribution in [0.3, 0.4) is 0 Å². The quantitative estimate of drug-likeness (QED) is 0.787. The van der Waals surface area contributed by atoms with Crippen LogP contribution in [0.1, 0.15) is 25.5 Å². The lowest BCUT2D eigenvalue weighted by atomic mass is 10.1. The first kappa shape index (κ1) is 13.2. The van der Waals surface area contributed by atoms with Gasteiger partial charge in [0.25, 0.3) is 0 Å². The second kappa shape index (κ2) is 6.07. The maximum atomic E-state index is 9.44. The van der Waals surface area contributed by atoms with Gasteiger partial charge in [0, 0.05) is 24.8 Å². The molecule has 1 aliphatic heterocycles. The third-order valence-corrected chi connectivity index (χ3v) is 3.33. The van der Waals surface area contributed by atoms with E-state index in [0.717, 1.165) is 37.6 Å². The summed E-state index contributed by atoms with van der Waals surface area (Å²) in [7, 11) is 0. The van der Waals surface area contributed by atoms with Crippen molar-refractivity contribution in [3.8, 4) is 11.5 Å². The first-order chi connectivity index (χ1) is 8.76. The van der Waals surface area contributed by atoms with E-state index in [9.17, 15) is 5.11 Å². The number of nitrogens with zero attached hydrogens (tertiary/aromatic N) is 1. The number of fused-ring (bicyclic) bond motifs is 1. The molecule has 1 heterocycles. The molecule has 0 aromatic heterocycles. The number of phenolic OH excluding ortho intramolecular Hbond substituents is 1. The maximum Gasteiger partial charge on any atom is 0.127 e. The molecule has 0 fully saturated rings. The molecule has 1 aromatic rings. The normalized spacial score (nSPS) is 17.8. The number of hydrogen-bond donors (Lipinski definition) is 1. The summed E-state index contributed by atoms with van der Waals surface area (Å²) in [4.78, 5) is 2.35. The van der Waals surface area contributed by atoms with Gasteiger partial charge in [-0.05, 0) is 25.6 Å². The van der Waals surface area contributed by atoms with Crippen LogP contribution in [-0.4, -0.2) is 42.9 Å². The Morgan fingerprint density at radius 3 is 3.00 bits per heavy atom. The smallest absolute Gasteiger partial charge is 0.127 e. The largest absolute Gasteiger partial charge is 0.508 e. The highest BCUT2D eigenvalue weighted by atomic mass is 16.5. The minimum Gasteiger partial charge on any atom is -0.508 e. The molecule has 4 nitrogen and oxygen atoms in total. The van der Waals surface area contributed by atoms with E-state index in [4.69, 9.17) is 9.47 Å². The maximum absolute atomic E-state index is 9.44. The average Bonchev–Trinajstić information content (AvgIpc) is 2.77. The molecule has 0 saturated carbocycles. The van der Waals surface area contributed by atoms with Gasteiger partial charge in [0.1, 0.15) is 18.1 Å². The lowest BCUT2D eigenvalue weighted by Gasteiger charge is -2.26. The highest BCUT2D eigenvalue weighted by Gasteiger charge is 2.28. The minimum absolute atomic E-state index is 0.256. The van der Waals surface area contributed by atoms with Crippen LogP contribution < -0.4 is 4.74 Å². The van der Waals surface area contributed by atoms with E-state index in [1.165, 1.54) is 0 Å². The van der Waals surface area contributed by atoms with Gasteiger partial charge < -0.3 is 14.6 Å². The van der Waals surface area contributed by atoms with Crippen molar-refractivity contribution in [3.05, 3.63) is 23.8 Å². The van der Waals surface area contributed by atoms with Crippen molar-refractivity contribution in [2.45, 2.75) is 19.9 Å². The molecule has 0 aliphatic carbocycles. The number of aromatic hydroxyl groups is 1. The molecule has 0 saturated heterocycles. The van der Waals surface area contributed by atoms with Gasteiger partial charge in [0.15, 0.2) is 0 Å². The van der Waals surface area contributed by atoms with Crippen molar-refractivity contribution < 1.29 is 14.6 Å². The van der Waals surface area contributed by atoms with Crippen molar-refractivity contribution in [3.63, 3.8) is 0 Å². The molecule has 0 spiro atoms. The standard InChI is InChI=1S/C14H21NO3/c1-3-15(7-8-17-4-2)13-10-18-14-9-11(16)5-6-12(13)14/h5-6,9,13,16H,3-4,7-8,10H2,1-2H3. The second-order valence-electron chi connectivity index (χ2n) is 4.37. The number of likely N-dealkylation sites (N-methyl/N-ethyl adjacent to an activating group) is 1. The van der Waals surface area contributed by atoms with Crippen LogP contribution >= 0.6 is 0 Å². The van der Waals surface area contributed by atoms with Crippen molar-refractivity contribution in [1.29, 1.82) is 0 Å². The molecular weight excluding hydrogens is 230 g/mol. The molecular formula is C14H21NO3. The zero-order chi connectivity index (χ0) is 13.0. The van der Waals surface area contributed by atoms with Gasteiger partial charge in [-0.2, -0.15) is 0 Å². The average molecular weight is 251 g/mol. The zero-order valence-corrected chi connectivity index (χ0v) is 11.1. The lowest BCUT2D eigenvalue weighted by Crippen LogP contribution is -2.32. The molecule has 0 amide bonds. The fraction of sp³-hybridized carbons (Fsp3) is 0.571. The first-order valence-corrected chi connectivity index (χ1v) is 6.53. The van der Waals surface area contributed by atoms with Gasteiger partial charge >= 0.3 is 0 Å². The summed E-state index contributed by atoms with van der Waals surface area (Å²) in [5.41, 5.74) is 1.16. The molecule has 0 bridgehead atoms. The Hall–Kier alpha value is -1.26. The zero-order valence-electron chi connectivity index (χ0n) is 11.1. The van der Waals surface area contributed by atoms with Crippen LogP contribution in [0.25, 0.3) is 0 Å². The molecule has 1 N–H and O–H groups in total. The third-order valence-electron chi connectivity index (χ3n) is 3.33. The molecule has 1 atom stereocenters. The molecule has 1 unspecified atom stereocenters. The summed E-state index contributed by atoms with van der Waals surface area (Å²) < 4.78 is 11.0. The summed E-state index contributed by atoms with van der Waals surface area (Å²) in [6.07, 6.45) is 0. The van der Waals surface area contributed by atoms with Gasteiger partial charge in [-0.25, -0.2) is 0 Å². The lowest BCUT2D eigenvalue weighted by molar-refractivity contribution is 0.0895. The van der Waals surface area contributed by atoms with E-state index in [1.807, 2.05) is 13.0 Å². The monoisotopic (exact) mass is 251 g/mol. The van der Waals surface area contributed by atoms with E-state index >= 15 is 0 Å².